The van der Waals surface area contributed by atoms with Gasteiger partial charge >= 0.3 is 6.03 Å². The Labute approximate surface area is 140 Å². The monoisotopic (exact) mass is 318 g/mol. The largest absolute Gasteiger partial charge is 0.378 e. The molecule has 0 aliphatic heterocycles. The van der Waals surface area contributed by atoms with Gasteiger partial charge in [-0.05, 0) is 42.4 Å². The number of carbonyl (C=O) groups excluding carboxylic acids is 1. The Kier molecular flexibility index (Phi) is 6.46. The zero-order valence-electron chi connectivity index (χ0n) is 14.7. The Morgan fingerprint density at radius 2 is 1.83 bits per heavy atom. The van der Waals surface area contributed by atoms with Gasteiger partial charge in [0.25, 0.3) is 0 Å². The lowest BCUT2D eigenvalue weighted by Gasteiger charge is -2.19. The number of rotatable bonds is 6. The van der Waals surface area contributed by atoms with Crippen LogP contribution in [0.5, 0.6) is 0 Å². The van der Waals surface area contributed by atoms with Gasteiger partial charge < -0.3 is 15.4 Å². The van der Waals surface area contributed by atoms with Crippen LogP contribution >= 0.6 is 0 Å². The molecule has 2 rings (SSSR count). The first-order chi connectivity index (χ1) is 10.9. The molecule has 1 aromatic rings. The number of anilines is 1. The smallest absolute Gasteiger partial charge is 0.319 e. The van der Waals surface area contributed by atoms with Gasteiger partial charge in [0.05, 0.1) is 6.10 Å². The minimum Gasteiger partial charge on any atom is -0.378 e. The van der Waals surface area contributed by atoms with Crippen molar-refractivity contribution in [1.82, 2.24) is 5.32 Å². The number of ether oxygens (including phenoxy) is 1. The van der Waals surface area contributed by atoms with Crippen LogP contribution in [-0.2, 0) is 10.2 Å². The zero-order valence-corrected chi connectivity index (χ0v) is 14.7. The van der Waals surface area contributed by atoms with Crippen molar-refractivity contribution in [3.8, 4) is 0 Å². The first-order valence-corrected chi connectivity index (χ1v) is 8.72. The summed E-state index contributed by atoms with van der Waals surface area (Å²) in [4.78, 5) is 11.9. The molecule has 2 amide bonds. The van der Waals surface area contributed by atoms with Gasteiger partial charge in [0.15, 0.2) is 0 Å². The second-order valence-electron chi connectivity index (χ2n) is 7.34. The quantitative estimate of drug-likeness (QED) is 0.761. The molecule has 0 heterocycles. The van der Waals surface area contributed by atoms with E-state index in [1.165, 1.54) is 31.2 Å². The van der Waals surface area contributed by atoms with Crippen molar-refractivity contribution >= 4 is 11.7 Å². The van der Waals surface area contributed by atoms with Crippen LogP contribution in [0.2, 0.25) is 0 Å². The fraction of sp³-hybridized carbons (Fsp3) is 0.632. The number of hydrogen-bond donors (Lipinski definition) is 2. The Bertz CT molecular complexity index is 485. The number of hydrogen-bond acceptors (Lipinski definition) is 2. The third-order valence-electron chi connectivity index (χ3n) is 4.27. The van der Waals surface area contributed by atoms with E-state index in [1.54, 1.807) is 0 Å². The molecular weight excluding hydrogens is 288 g/mol. The molecule has 4 nitrogen and oxygen atoms in total. The lowest BCUT2D eigenvalue weighted by atomic mass is 9.87. The van der Waals surface area contributed by atoms with E-state index >= 15 is 0 Å². The Morgan fingerprint density at radius 1 is 1.17 bits per heavy atom. The summed E-state index contributed by atoms with van der Waals surface area (Å²) >= 11 is 0. The van der Waals surface area contributed by atoms with E-state index in [-0.39, 0.29) is 11.4 Å². The molecule has 0 radical (unpaired) electrons. The average molecular weight is 318 g/mol. The molecule has 128 valence electrons. The SMILES string of the molecule is CC(C)(C)c1ccc(NC(=O)NCCCOC2CCCC2)cc1. The zero-order chi connectivity index (χ0) is 16.7. The van der Waals surface area contributed by atoms with Crippen LogP contribution in [0.1, 0.15) is 58.4 Å². The third-order valence-corrected chi connectivity index (χ3v) is 4.27. The molecular formula is C19H30N2O2. The molecule has 1 fully saturated rings. The highest BCUT2D eigenvalue weighted by Gasteiger charge is 2.15. The molecule has 1 aromatic carbocycles. The van der Waals surface area contributed by atoms with E-state index in [9.17, 15) is 4.79 Å². The van der Waals surface area contributed by atoms with E-state index in [1.807, 2.05) is 12.1 Å². The highest BCUT2D eigenvalue weighted by Crippen LogP contribution is 2.23. The molecule has 1 saturated carbocycles. The van der Waals surface area contributed by atoms with Crippen molar-refractivity contribution in [2.45, 2.75) is 64.4 Å². The maximum Gasteiger partial charge on any atom is 0.319 e. The van der Waals surface area contributed by atoms with Gasteiger partial charge in [-0.15, -0.1) is 0 Å². The second-order valence-corrected chi connectivity index (χ2v) is 7.34. The van der Waals surface area contributed by atoms with Crippen LogP contribution < -0.4 is 10.6 Å². The topological polar surface area (TPSA) is 50.4 Å². The van der Waals surface area contributed by atoms with Gasteiger partial charge in [-0.3, -0.25) is 0 Å². The highest BCUT2D eigenvalue weighted by atomic mass is 16.5. The predicted molar refractivity (Wildman–Crippen MR) is 95.0 cm³/mol. The van der Waals surface area contributed by atoms with Crippen LogP contribution in [0, 0.1) is 0 Å². The molecule has 0 saturated heterocycles. The summed E-state index contributed by atoms with van der Waals surface area (Å²) in [5, 5.41) is 5.73. The number of carbonyl (C=O) groups is 1. The first-order valence-electron chi connectivity index (χ1n) is 8.72. The molecule has 0 spiro atoms. The molecule has 4 heteroatoms. The molecule has 1 aliphatic rings. The molecule has 0 aromatic heterocycles. The van der Waals surface area contributed by atoms with Gasteiger partial charge in [0, 0.05) is 18.8 Å². The van der Waals surface area contributed by atoms with E-state index < -0.39 is 0 Å². The molecule has 1 aliphatic carbocycles. The standard InChI is InChI=1S/C19H30N2O2/c1-19(2,3)15-9-11-16(12-10-15)21-18(22)20-13-6-14-23-17-7-4-5-8-17/h9-12,17H,4-8,13-14H2,1-3H3,(H2,20,21,22). The number of urea groups is 1. The normalized spacial score (nSPS) is 15.6. The van der Waals surface area contributed by atoms with Gasteiger partial charge in [0.2, 0.25) is 0 Å². The van der Waals surface area contributed by atoms with E-state index in [2.05, 4.69) is 43.5 Å². The molecule has 0 bridgehead atoms. The van der Waals surface area contributed by atoms with Crippen LogP contribution in [0.4, 0.5) is 10.5 Å². The Morgan fingerprint density at radius 3 is 2.43 bits per heavy atom. The minimum atomic E-state index is -0.158. The van der Waals surface area contributed by atoms with Gasteiger partial charge in [-0.25, -0.2) is 4.79 Å². The second kappa shape index (κ2) is 8.34. The molecule has 0 unspecified atom stereocenters. The van der Waals surface area contributed by atoms with Crippen molar-refractivity contribution in [2.75, 3.05) is 18.5 Å². The average Bonchev–Trinajstić information content (AvgIpc) is 3.00. The maximum absolute atomic E-state index is 11.9. The van der Waals surface area contributed by atoms with Crippen molar-refractivity contribution in [3.63, 3.8) is 0 Å². The fourth-order valence-corrected chi connectivity index (χ4v) is 2.81. The summed E-state index contributed by atoms with van der Waals surface area (Å²) < 4.78 is 5.78. The summed E-state index contributed by atoms with van der Waals surface area (Å²) in [5.74, 6) is 0. The maximum atomic E-state index is 11.9. The Balaban J connectivity index is 1.62. The third kappa shape index (κ3) is 6.22. The number of benzene rings is 1. The summed E-state index contributed by atoms with van der Waals surface area (Å²) in [5.41, 5.74) is 2.20. The van der Waals surface area contributed by atoms with Gasteiger partial charge in [0.1, 0.15) is 0 Å². The summed E-state index contributed by atoms with van der Waals surface area (Å²) in [7, 11) is 0. The number of amides is 2. The van der Waals surface area contributed by atoms with E-state index in [0.717, 1.165) is 18.7 Å². The van der Waals surface area contributed by atoms with Crippen molar-refractivity contribution in [2.24, 2.45) is 0 Å². The van der Waals surface area contributed by atoms with Crippen LogP contribution in [0.25, 0.3) is 0 Å². The minimum absolute atomic E-state index is 0.125. The predicted octanol–water partition coefficient (Wildman–Crippen LogP) is 4.45. The van der Waals surface area contributed by atoms with Gasteiger partial charge in [-0.1, -0.05) is 45.7 Å². The fourth-order valence-electron chi connectivity index (χ4n) is 2.81. The summed E-state index contributed by atoms with van der Waals surface area (Å²) in [6.07, 6.45) is 6.27. The van der Waals surface area contributed by atoms with Crippen LogP contribution in [0.15, 0.2) is 24.3 Å². The number of nitrogens with one attached hydrogen (secondary N) is 2. The van der Waals surface area contributed by atoms with Gasteiger partial charge in [-0.2, -0.15) is 0 Å². The van der Waals surface area contributed by atoms with Crippen LogP contribution in [-0.4, -0.2) is 25.3 Å². The van der Waals surface area contributed by atoms with Crippen molar-refractivity contribution in [1.29, 1.82) is 0 Å². The van der Waals surface area contributed by atoms with Crippen LogP contribution in [0.3, 0.4) is 0 Å². The lowest BCUT2D eigenvalue weighted by Crippen LogP contribution is -2.30. The molecule has 2 N–H and O–H groups in total. The first kappa shape index (κ1) is 17.8. The van der Waals surface area contributed by atoms with E-state index in [4.69, 9.17) is 4.74 Å². The van der Waals surface area contributed by atoms with E-state index in [0.29, 0.717) is 12.6 Å². The van der Waals surface area contributed by atoms with Crippen molar-refractivity contribution in [3.05, 3.63) is 29.8 Å². The molecule has 23 heavy (non-hydrogen) atoms. The lowest BCUT2D eigenvalue weighted by molar-refractivity contribution is 0.0572. The Hall–Kier alpha value is -1.55. The summed E-state index contributed by atoms with van der Waals surface area (Å²) in [6, 6.07) is 7.86. The van der Waals surface area contributed by atoms with Crippen molar-refractivity contribution < 1.29 is 9.53 Å². The molecule has 0 atom stereocenters. The highest BCUT2D eigenvalue weighted by molar-refractivity contribution is 5.89. The summed E-state index contributed by atoms with van der Waals surface area (Å²) in [6.45, 7) is 7.89.